The SMILES string of the molecule is O=[N+]([O-])c1ccccc1-c1ccc2c(c1)N=NC2. The maximum atomic E-state index is 11.0. The topological polar surface area (TPSA) is 67.9 Å². The Balaban J connectivity index is 2.15. The van der Waals surface area contributed by atoms with Crippen molar-refractivity contribution in [1.82, 2.24) is 0 Å². The van der Waals surface area contributed by atoms with E-state index >= 15 is 0 Å². The van der Waals surface area contributed by atoms with Crippen LogP contribution in [0.25, 0.3) is 11.1 Å². The fraction of sp³-hybridized carbons (Fsp3) is 0.0769. The molecule has 0 bridgehead atoms. The van der Waals surface area contributed by atoms with E-state index in [0.717, 1.165) is 16.8 Å². The van der Waals surface area contributed by atoms with Crippen LogP contribution >= 0.6 is 0 Å². The van der Waals surface area contributed by atoms with Gasteiger partial charge in [-0.1, -0.05) is 24.3 Å². The van der Waals surface area contributed by atoms with Gasteiger partial charge in [0.05, 0.1) is 22.7 Å². The summed E-state index contributed by atoms with van der Waals surface area (Å²) in [6.07, 6.45) is 0. The van der Waals surface area contributed by atoms with Crippen LogP contribution in [0.2, 0.25) is 0 Å². The van der Waals surface area contributed by atoms with Crippen molar-refractivity contribution in [3.63, 3.8) is 0 Å². The lowest BCUT2D eigenvalue weighted by Gasteiger charge is -2.04. The number of hydrogen-bond donors (Lipinski definition) is 0. The molecule has 3 rings (SSSR count). The largest absolute Gasteiger partial charge is 0.277 e. The molecular formula is C13H9N3O2. The smallest absolute Gasteiger partial charge is 0.258 e. The van der Waals surface area contributed by atoms with E-state index in [1.807, 2.05) is 18.2 Å². The van der Waals surface area contributed by atoms with Crippen LogP contribution in [0.1, 0.15) is 5.56 Å². The molecule has 0 N–H and O–H groups in total. The van der Waals surface area contributed by atoms with Crippen LogP contribution in [0.3, 0.4) is 0 Å². The lowest BCUT2D eigenvalue weighted by molar-refractivity contribution is -0.384. The average Bonchev–Trinajstić information content (AvgIpc) is 2.85. The Hall–Kier alpha value is -2.56. The Bertz CT molecular complexity index is 665. The van der Waals surface area contributed by atoms with Crippen molar-refractivity contribution in [3.8, 4) is 11.1 Å². The predicted octanol–water partition coefficient (Wildman–Crippen LogP) is 3.86. The molecule has 0 radical (unpaired) electrons. The number of rotatable bonds is 2. The Morgan fingerprint density at radius 1 is 1.17 bits per heavy atom. The summed E-state index contributed by atoms with van der Waals surface area (Å²) in [6.45, 7) is 0.590. The van der Waals surface area contributed by atoms with E-state index in [-0.39, 0.29) is 10.6 Å². The molecule has 0 aromatic heterocycles. The van der Waals surface area contributed by atoms with E-state index in [1.54, 1.807) is 18.2 Å². The van der Waals surface area contributed by atoms with Crippen LogP contribution in [-0.2, 0) is 6.54 Å². The van der Waals surface area contributed by atoms with E-state index < -0.39 is 0 Å². The van der Waals surface area contributed by atoms with Crippen molar-refractivity contribution in [3.05, 3.63) is 58.1 Å². The lowest BCUT2D eigenvalue weighted by Crippen LogP contribution is -1.91. The summed E-state index contributed by atoms with van der Waals surface area (Å²) in [6, 6.07) is 12.3. The zero-order valence-corrected chi connectivity index (χ0v) is 9.41. The third kappa shape index (κ3) is 1.66. The van der Waals surface area contributed by atoms with Gasteiger partial charge in [-0.05, 0) is 17.7 Å². The average molecular weight is 239 g/mol. The maximum absolute atomic E-state index is 11.0. The summed E-state index contributed by atoms with van der Waals surface area (Å²) in [4.78, 5) is 10.6. The van der Waals surface area contributed by atoms with E-state index in [1.165, 1.54) is 6.07 Å². The molecule has 0 fully saturated rings. The third-order valence-electron chi connectivity index (χ3n) is 2.92. The number of fused-ring (bicyclic) bond motifs is 1. The zero-order valence-electron chi connectivity index (χ0n) is 9.41. The number of hydrogen-bond acceptors (Lipinski definition) is 4. The molecule has 5 nitrogen and oxygen atoms in total. The Labute approximate surface area is 103 Å². The van der Waals surface area contributed by atoms with Crippen molar-refractivity contribution in [2.75, 3.05) is 0 Å². The number of nitro benzene ring substituents is 1. The number of nitrogens with zero attached hydrogens (tertiary/aromatic N) is 3. The van der Waals surface area contributed by atoms with Gasteiger partial charge in [0, 0.05) is 11.6 Å². The summed E-state index contributed by atoms with van der Waals surface area (Å²) in [5, 5.41) is 18.9. The normalized spacial score (nSPS) is 12.4. The lowest BCUT2D eigenvalue weighted by atomic mass is 10.0. The summed E-state index contributed by atoms with van der Waals surface area (Å²) in [5.41, 5.74) is 3.35. The van der Waals surface area contributed by atoms with Gasteiger partial charge in [0.1, 0.15) is 0 Å². The van der Waals surface area contributed by atoms with Gasteiger partial charge >= 0.3 is 0 Å². The van der Waals surface area contributed by atoms with Gasteiger partial charge in [-0.15, -0.1) is 0 Å². The van der Waals surface area contributed by atoms with E-state index in [4.69, 9.17) is 0 Å². The molecule has 5 heteroatoms. The summed E-state index contributed by atoms with van der Waals surface area (Å²) < 4.78 is 0. The fourth-order valence-electron chi connectivity index (χ4n) is 2.02. The van der Waals surface area contributed by atoms with E-state index in [2.05, 4.69) is 10.2 Å². The van der Waals surface area contributed by atoms with Crippen LogP contribution < -0.4 is 0 Å². The van der Waals surface area contributed by atoms with Crippen LogP contribution in [0.5, 0.6) is 0 Å². The van der Waals surface area contributed by atoms with Gasteiger partial charge in [-0.3, -0.25) is 10.1 Å². The quantitative estimate of drug-likeness (QED) is 0.589. The summed E-state index contributed by atoms with van der Waals surface area (Å²) in [5.74, 6) is 0. The highest BCUT2D eigenvalue weighted by atomic mass is 16.6. The van der Waals surface area contributed by atoms with Gasteiger partial charge in [0.25, 0.3) is 5.69 Å². The molecule has 0 saturated heterocycles. The second-order valence-corrected chi connectivity index (χ2v) is 4.02. The highest BCUT2D eigenvalue weighted by Crippen LogP contribution is 2.35. The van der Waals surface area contributed by atoms with Crippen molar-refractivity contribution in [2.45, 2.75) is 6.54 Å². The van der Waals surface area contributed by atoms with Gasteiger partial charge in [-0.25, -0.2) is 0 Å². The minimum atomic E-state index is -0.371. The number of azo groups is 1. The molecule has 88 valence electrons. The molecule has 1 heterocycles. The summed E-state index contributed by atoms with van der Waals surface area (Å²) >= 11 is 0. The molecule has 0 amide bonds. The van der Waals surface area contributed by atoms with Crippen LogP contribution in [0.15, 0.2) is 52.7 Å². The molecule has 1 aliphatic rings. The van der Waals surface area contributed by atoms with Gasteiger partial charge in [0.2, 0.25) is 0 Å². The van der Waals surface area contributed by atoms with Gasteiger partial charge in [-0.2, -0.15) is 10.2 Å². The van der Waals surface area contributed by atoms with Crippen molar-refractivity contribution in [1.29, 1.82) is 0 Å². The highest BCUT2D eigenvalue weighted by Gasteiger charge is 2.16. The molecule has 1 aliphatic heterocycles. The van der Waals surface area contributed by atoms with Crippen molar-refractivity contribution >= 4 is 11.4 Å². The Morgan fingerprint density at radius 2 is 2.00 bits per heavy atom. The second-order valence-electron chi connectivity index (χ2n) is 4.02. The first-order valence-corrected chi connectivity index (χ1v) is 5.50. The molecular weight excluding hydrogens is 230 g/mol. The first-order valence-electron chi connectivity index (χ1n) is 5.50. The standard InChI is InChI=1S/C13H9N3O2/c17-16(18)13-4-2-1-3-11(13)9-5-6-10-8-14-15-12(10)7-9/h1-7H,8H2. The summed E-state index contributed by atoms with van der Waals surface area (Å²) in [7, 11) is 0. The zero-order chi connectivity index (χ0) is 12.5. The van der Waals surface area contributed by atoms with Gasteiger partial charge in [0.15, 0.2) is 0 Å². The first kappa shape index (κ1) is 10.6. The monoisotopic (exact) mass is 239 g/mol. The second kappa shape index (κ2) is 4.03. The minimum absolute atomic E-state index is 0.104. The van der Waals surface area contributed by atoms with Crippen LogP contribution in [0.4, 0.5) is 11.4 Å². The minimum Gasteiger partial charge on any atom is -0.258 e. The predicted molar refractivity (Wildman–Crippen MR) is 66.8 cm³/mol. The van der Waals surface area contributed by atoms with E-state index in [0.29, 0.717) is 12.1 Å². The maximum Gasteiger partial charge on any atom is 0.277 e. The van der Waals surface area contributed by atoms with Crippen molar-refractivity contribution in [2.24, 2.45) is 10.2 Å². The van der Waals surface area contributed by atoms with Crippen LogP contribution in [0, 0.1) is 10.1 Å². The van der Waals surface area contributed by atoms with E-state index in [9.17, 15) is 10.1 Å². The van der Waals surface area contributed by atoms with Gasteiger partial charge < -0.3 is 0 Å². The molecule has 0 saturated carbocycles. The molecule has 0 aliphatic carbocycles. The molecule has 2 aromatic carbocycles. The first-order chi connectivity index (χ1) is 8.75. The number of para-hydroxylation sites is 1. The fourth-order valence-corrected chi connectivity index (χ4v) is 2.02. The molecule has 0 atom stereocenters. The molecule has 0 unspecified atom stereocenters. The number of nitro groups is 1. The Kier molecular flexibility index (Phi) is 2.37. The Morgan fingerprint density at radius 3 is 2.83 bits per heavy atom. The highest BCUT2D eigenvalue weighted by molar-refractivity contribution is 5.76. The molecule has 18 heavy (non-hydrogen) atoms. The van der Waals surface area contributed by atoms with Crippen molar-refractivity contribution < 1.29 is 4.92 Å². The molecule has 0 spiro atoms. The third-order valence-corrected chi connectivity index (χ3v) is 2.92. The van der Waals surface area contributed by atoms with Crippen LogP contribution in [-0.4, -0.2) is 4.92 Å². The molecule has 2 aromatic rings. The number of benzene rings is 2.